The van der Waals surface area contributed by atoms with Crippen LogP contribution in [0.1, 0.15) is 79.8 Å². The highest BCUT2D eigenvalue weighted by molar-refractivity contribution is 5.79. The first kappa shape index (κ1) is 30.1. The van der Waals surface area contributed by atoms with Gasteiger partial charge in [0.25, 0.3) is 0 Å². The lowest BCUT2D eigenvalue weighted by Gasteiger charge is -2.45. The first-order valence-electron chi connectivity index (χ1n) is 17.1. The summed E-state index contributed by atoms with van der Waals surface area (Å²) in [5.41, 5.74) is 16.0. The van der Waals surface area contributed by atoms with E-state index in [4.69, 9.17) is 0 Å². The quantitative estimate of drug-likeness (QED) is 0.178. The third kappa shape index (κ3) is 5.78. The van der Waals surface area contributed by atoms with Gasteiger partial charge in [0.15, 0.2) is 0 Å². The molecule has 0 bridgehead atoms. The molecule has 0 unspecified atom stereocenters. The topological polar surface area (TPSA) is 6.48 Å². The van der Waals surface area contributed by atoms with Crippen LogP contribution in [0.15, 0.2) is 109 Å². The number of benzene rings is 5. The van der Waals surface area contributed by atoms with Gasteiger partial charge in [-0.25, -0.2) is 0 Å². The van der Waals surface area contributed by atoms with Crippen LogP contribution in [0.4, 0.5) is 22.7 Å². The molecule has 0 atom stereocenters. The normalized spacial score (nSPS) is 15.7. The van der Waals surface area contributed by atoms with Crippen molar-refractivity contribution in [3.63, 3.8) is 0 Å². The fourth-order valence-electron chi connectivity index (χ4n) is 7.56. The molecule has 2 aliphatic heterocycles. The van der Waals surface area contributed by atoms with Gasteiger partial charge < -0.3 is 9.80 Å². The van der Waals surface area contributed by atoms with E-state index in [0.29, 0.717) is 5.92 Å². The summed E-state index contributed by atoms with van der Waals surface area (Å²) in [5, 5.41) is 0. The van der Waals surface area contributed by atoms with Gasteiger partial charge >= 0.3 is 0 Å². The molecule has 2 nitrogen and oxygen atoms in total. The number of aryl methyl sites for hydroxylation is 3. The number of fused-ring (bicyclic) bond motifs is 2. The average molecular weight is 603 g/mol. The first-order chi connectivity index (χ1) is 22.3. The minimum Gasteiger partial charge on any atom is -0.341 e. The Morgan fingerprint density at radius 3 is 2.02 bits per heavy atom. The Morgan fingerprint density at radius 2 is 1.28 bits per heavy atom. The van der Waals surface area contributed by atoms with Crippen molar-refractivity contribution in [2.45, 2.75) is 71.8 Å². The Labute approximate surface area is 276 Å². The molecule has 5 aromatic carbocycles. The van der Waals surface area contributed by atoms with Crippen molar-refractivity contribution in [2.24, 2.45) is 0 Å². The maximum atomic E-state index is 2.55. The highest BCUT2D eigenvalue weighted by Crippen LogP contribution is 2.44. The van der Waals surface area contributed by atoms with E-state index in [9.17, 15) is 0 Å². The SMILES string of the molecule is Cc1cc(N2c3ccccc3CCC2(C)C)ccc1-c1ccc(/C=C/c2ccc(N3CCCc4ccccc43)cc2)cc1C(C)C. The largest absolute Gasteiger partial charge is 0.341 e. The van der Waals surface area contributed by atoms with Crippen LogP contribution < -0.4 is 9.80 Å². The molecular formula is C44H46N2. The number of para-hydroxylation sites is 2. The summed E-state index contributed by atoms with van der Waals surface area (Å²) in [6.07, 6.45) is 9.14. The van der Waals surface area contributed by atoms with Crippen LogP contribution in [0.3, 0.4) is 0 Å². The maximum absolute atomic E-state index is 2.55. The Hall–Kier alpha value is -4.56. The summed E-state index contributed by atoms with van der Waals surface area (Å²) in [6, 6.07) is 40.8. The molecule has 0 amide bonds. The van der Waals surface area contributed by atoms with Gasteiger partial charge in [0.1, 0.15) is 0 Å². The van der Waals surface area contributed by atoms with Crippen LogP contribution in [0, 0.1) is 6.92 Å². The lowest BCUT2D eigenvalue weighted by molar-refractivity contribution is 0.447. The van der Waals surface area contributed by atoms with Crippen molar-refractivity contribution < 1.29 is 0 Å². The number of hydrogen-bond acceptors (Lipinski definition) is 2. The van der Waals surface area contributed by atoms with Crippen LogP contribution in [-0.2, 0) is 12.8 Å². The minimum absolute atomic E-state index is 0.0681. The highest BCUT2D eigenvalue weighted by Gasteiger charge is 2.33. The fraction of sp³-hybridized carbons (Fsp3) is 0.273. The fourth-order valence-corrected chi connectivity index (χ4v) is 7.56. The zero-order chi connectivity index (χ0) is 31.8. The maximum Gasteiger partial charge on any atom is 0.0448 e. The summed E-state index contributed by atoms with van der Waals surface area (Å²) in [5.74, 6) is 0.419. The summed E-state index contributed by atoms with van der Waals surface area (Å²) in [7, 11) is 0. The molecule has 0 saturated heterocycles. The van der Waals surface area contributed by atoms with Gasteiger partial charge in [-0.05, 0) is 133 Å². The van der Waals surface area contributed by atoms with Crippen molar-refractivity contribution in [1.82, 2.24) is 0 Å². The van der Waals surface area contributed by atoms with E-state index in [1.807, 2.05) is 0 Å². The van der Waals surface area contributed by atoms with Gasteiger partial charge in [0.2, 0.25) is 0 Å². The zero-order valence-corrected chi connectivity index (χ0v) is 28.1. The Morgan fingerprint density at radius 1 is 0.652 bits per heavy atom. The monoisotopic (exact) mass is 602 g/mol. The zero-order valence-electron chi connectivity index (χ0n) is 28.1. The molecular weight excluding hydrogens is 556 g/mol. The van der Waals surface area contributed by atoms with Gasteiger partial charge in [0, 0.05) is 34.8 Å². The average Bonchev–Trinajstić information content (AvgIpc) is 3.07. The standard InChI is InChI=1S/C44H46N2/c1-31(2)41-30-34(17-16-33-18-21-37(22-19-33)45-28-10-13-35-11-6-8-14-42(35)45)20-24-40(41)39-25-23-38(29-32(39)3)46-43-15-9-7-12-36(43)26-27-44(46,4)5/h6-9,11-12,14-25,29-31H,10,13,26-28H2,1-5H3/b17-16+. The molecule has 0 radical (unpaired) electrons. The van der Waals surface area contributed by atoms with E-state index in [-0.39, 0.29) is 5.54 Å². The van der Waals surface area contributed by atoms with Crippen molar-refractivity contribution in [3.8, 4) is 11.1 Å². The molecule has 2 heteroatoms. The van der Waals surface area contributed by atoms with Crippen molar-refractivity contribution in [3.05, 3.63) is 143 Å². The molecule has 0 spiro atoms. The molecule has 0 saturated carbocycles. The summed E-state index contributed by atoms with van der Waals surface area (Å²) in [6.45, 7) is 12.7. The van der Waals surface area contributed by atoms with Crippen LogP contribution in [0.5, 0.6) is 0 Å². The first-order valence-corrected chi connectivity index (χ1v) is 17.1. The van der Waals surface area contributed by atoms with E-state index < -0.39 is 0 Å². The molecule has 2 heterocycles. The van der Waals surface area contributed by atoms with Gasteiger partial charge in [-0.1, -0.05) is 98.8 Å². The van der Waals surface area contributed by atoms with Crippen LogP contribution in [-0.4, -0.2) is 12.1 Å². The van der Waals surface area contributed by atoms with E-state index in [1.165, 1.54) is 80.1 Å². The molecule has 0 fully saturated rings. The third-order valence-corrected chi connectivity index (χ3v) is 10.1. The molecule has 0 aliphatic carbocycles. The smallest absolute Gasteiger partial charge is 0.0448 e. The van der Waals surface area contributed by atoms with E-state index in [0.717, 1.165) is 19.4 Å². The molecule has 46 heavy (non-hydrogen) atoms. The third-order valence-electron chi connectivity index (χ3n) is 10.1. The lowest BCUT2D eigenvalue weighted by Crippen LogP contribution is -2.44. The minimum atomic E-state index is 0.0681. The molecule has 2 aliphatic rings. The summed E-state index contributed by atoms with van der Waals surface area (Å²) >= 11 is 0. The molecule has 5 aromatic rings. The van der Waals surface area contributed by atoms with Gasteiger partial charge in [0.05, 0.1) is 0 Å². The summed E-state index contributed by atoms with van der Waals surface area (Å²) in [4.78, 5) is 5.01. The van der Waals surface area contributed by atoms with E-state index >= 15 is 0 Å². The highest BCUT2D eigenvalue weighted by atomic mass is 15.2. The second-order valence-electron chi connectivity index (χ2n) is 14.1. The van der Waals surface area contributed by atoms with Crippen LogP contribution in [0.2, 0.25) is 0 Å². The van der Waals surface area contributed by atoms with Crippen molar-refractivity contribution >= 4 is 34.9 Å². The molecule has 232 valence electrons. The molecule has 7 rings (SSSR count). The van der Waals surface area contributed by atoms with Crippen molar-refractivity contribution in [1.29, 1.82) is 0 Å². The van der Waals surface area contributed by atoms with E-state index in [2.05, 4.69) is 166 Å². The Bertz CT molecular complexity index is 1890. The second kappa shape index (κ2) is 12.3. The van der Waals surface area contributed by atoms with Gasteiger partial charge in [-0.2, -0.15) is 0 Å². The number of hydrogen-bond donors (Lipinski definition) is 0. The summed E-state index contributed by atoms with van der Waals surface area (Å²) < 4.78 is 0. The number of anilines is 4. The molecule has 0 N–H and O–H groups in total. The van der Waals surface area contributed by atoms with Crippen molar-refractivity contribution in [2.75, 3.05) is 16.3 Å². The predicted molar refractivity (Wildman–Crippen MR) is 199 cm³/mol. The molecule has 0 aromatic heterocycles. The predicted octanol–water partition coefficient (Wildman–Crippen LogP) is 11.9. The second-order valence-corrected chi connectivity index (χ2v) is 14.1. The van der Waals surface area contributed by atoms with Crippen LogP contribution >= 0.6 is 0 Å². The number of nitrogens with zero attached hydrogens (tertiary/aromatic N) is 2. The Kier molecular flexibility index (Phi) is 8.07. The number of rotatable bonds is 6. The van der Waals surface area contributed by atoms with Crippen LogP contribution in [0.25, 0.3) is 23.3 Å². The van der Waals surface area contributed by atoms with Gasteiger partial charge in [-0.3, -0.25) is 0 Å². The van der Waals surface area contributed by atoms with E-state index in [1.54, 1.807) is 0 Å². The van der Waals surface area contributed by atoms with Gasteiger partial charge in [-0.15, -0.1) is 0 Å². The lowest BCUT2D eigenvalue weighted by atomic mass is 9.85. The Balaban J connectivity index is 1.13.